The Bertz CT molecular complexity index is 1110. The van der Waals surface area contributed by atoms with Gasteiger partial charge in [-0.3, -0.25) is 10.00 Å². The molecule has 0 fully saturated rings. The van der Waals surface area contributed by atoms with Crippen molar-refractivity contribution in [3.8, 4) is 5.75 Å². The first-order valence-corrected chi connectivity index (χ1v) is 9.71. The van der Waals surface area contributed by atoms with E-state index in [9.17, 15) is 0 Å². The number of aryl methyl sites for hydroxylation is 1. The normalized spacial score (nSPS) is 17.0. The molecule has 1 unspecified atom stereocenters. The van der Waals surface area contributed by atoms with E-state index in [4.69, 9.17) is 4.74 Å². The summed E-state index contributed by atoms with van der Waals surface area (Å²) in [6, 6.07) is 17.4. The number of ether oxygens (including phenoxy) is 1. The van der Waals surface area contributed by atoms with Gasteiger partial charge in [0, 0.05) is 41.6 Å². The molecule has 5 nitrogen and oxygen atoms in total. The van der Waals surface area contributed by atoms with Gasteiger partial charge < -0.3 is 9.72 Å². The Morgan fingerprint density at radius 1 is 1.18 bits per heavy atom. The third-order valence-corrected chi connectivity index (χ3v) is 5.80. The van der Waals surface area contributed by atoms with E-state index in [1.165, 1.54) is 27.7 Å². The van der Waals surface area contributed by atoms with Gasteiger partial charge in [0.2, 0.25) is 0 Å². The highest BCUT2D eigenvalue weighted by Gasteiger charge is 2.32. The van der Waals surface area contributed by atoms with Crippen LogP contribution in [0, 0.1) is 6.92 Å². The van der Waals surface area contributed by atoms with Crippen LogP contribution in [0.2, 0.25) is 0 Å². The van der Waals surface area contributed by atoms with Crippen LogP contribution in [-0.4, -0.2) is 33.7 Å². The second-order valence-electron chi connectivity index (χ2n) is 7.50. The van der Waals surface area contributed by atoms with Gasteiger partial charge in [-0.15, -0.1) is 0 Å². The summed E-state index contributed by atoms with van der Waals surface area (Å²) in [4.78, 5) is 6.24. The van der Waals surface area contributed by atoms with Gasteiger partial charge in [0.15, 0.2) is 0 Å². The number of rotatable bonds is 4. The molecule has 142 valence electrons. The van der Waals surface area contributed by atoms with E-state index in [2.05, 4.69) is 75.5 Å². The van der Waals surface area contributed by atoms with Gasteiger partial charge in [0.05, 0.1) is 13.2 Å². The SMILES string of the molecule is COc1ccc(C2c3[nH]c4ccccc4c3CCN2Cc2ccn[nH]2)cc1C. The third kappa shape index (κ3) is 2.79. The highest BCUT2D eigenvalue weighted by molar-refractivity contribution is 5.85. The predicted molar refractivity (Wildman–Crippen MR) is 111 cm³/mol. The molecule has 2 aromatic heterocycles. The molecule has 5 heteroatoms. The maximum Gasteiger partial charge on any atom is 0.121 e. The molecular weight excluding hydrogens is 348 g/mol. The number of hydrogen-bond acceptors (Lipinski definition) is 3. The van der Waals surface area contributed by atoms with Crippen LogP contribution >= 0.6 is 0 Å². The minimum absolute atomic E-state index is 0.170. The van der Waals surface area contributed by atoms with Crippen molar-refractivity contribution in [3.63, 3.8) is 0 Å². The lowest BCUT2D eigenvalue weighted by Gasteiger charge is -2.36. The molecule has 4 aromatic rings. The first-order valence-electron chi connectivity index (χ1n) is 9.71. The Balaban J connectivity index is 1.64. The quantitative estimate of drug-likeness (QED) is 0.560. The number of hydrogen-bond donors (Lipinski definition) is 2. The Kier molecular flexibility index (Phi) is 4.17. The number of aromatic amines is 2. The molecule has 2 aromatic carbocycles. The Morgan fingerprint density at radius 3 is 2.86 bits per heavy atom. The van der Waals surface area contributed by atoms with Gasteiger partial charge in [-0.25, -0.2) is 0 Å². The van der Waals surface area contributed by atoms with E-state index >= 15 is 0 Å². The van der Waals surface area contributed by atoms with Gasteiger partial charge in [0.25, 0.3) is 0 Å². The smallest absolute Gasteiger partial charge is 0.121 e. The number of para-hydroxylation sites is 1. The minimum Gasteiger partial charge on any atom is -0.496 e. The summed E-state index contributed by atoms with van der Waals surface area (Å²) in [5, 5.41) is 8.58. The Labute approximate surface area is 164 Å². The number of nitrogens with one attached hydrogen (secondary N) is 2. The lowest BCUT2D eigenvalue weighted by atomic mass is 9.91. The Morgan fingerprint density at radius 2 is 2.07 bits per heavy atom. The maximum atomic E-state index is 5.48. The second-order valence-corrected chi connectivity index (χ2v) is 7.50. The van der Waals surface area contributed by atoms with Crippen LogP contribution in [0.15, 0.2) is 54.7 Å². The maximum absolute atomic E-state index is 5.48. The van der Waals surface area contributed by atoms with Crippen LogP contribution in [-0.2, 0) is 13.0 Å². The number of methoxy groups -OCH3 is 1. The van der Waals surface area contributed by atoms with Crippen LogP contribution in [0.3, 0.4) is 0 Å². The van der Waals surface area contributed by atoms with Crippen LogP contribution in [0.1, 0.15) is 34.1 Å². The van der Waals surface area contributed by atoms with Crippen LogP contribution in [0.5, 0.6) is 5.75 Å². The van der Waals surface area contributed by atoms with Crippen LogP contribution in [0.25, 0.3) is 10.9 Å². The zero-order valence-corrected chi connectivity index (χ0v) is 16.2. The minimum atomic E-state index is 0.170. The molecule has 5 rings (SSSR count). The summed E-state index contributed by atoms with van der Waals surface area (Å²) in [5.74, 6) is 0.927. The predicted octanol–water partition coefficient (Wildman–Crippen LogP) is 4.36. The summed E-state index contributed by atoms with van der Waals surface area (Å²) in [6.07, 6.45) is 2.86. The van der Waals surface area contributed by atoms with E-state index in [-0.39, 0.29) is 6.04 Å². The van der Waals surface area contributed by atoms with Gasteiger partial charge in [-0.1, -0.05) is 30.3 Å². The van der Waals surface area contributed by atoms with E-state index in [1.807, 2.05) is 6.20 Å². The summed E-state index contributed by atoms with van der Waals surface area (Å²) in [5.41, 5.74) is 7.53. The third-order valence-electron chi connectivity index (χ3n) is 5.80. The molecule has 1 aliphatic rings. The number of benzene rings is 2. The van der Waals surface area contributed by atoms with Crippen molar-refractivity contribution in [1.82, 2.24) is 20.1 Å². The standard InChI is InChI=1S/C23H24N4O/c1-15-13-16(7-8-21(15)28-2)23-22-19(18-5-3-4-6-20(18)25-22)10-12-27(23)14-17-9-11-24-26-17/h3-9,11,13,23,25H,10,12,14H2,1-2H3,(H,24,26). The van der Waals surface area contributed by atoms with E-state index in [0.717, 1.165) is 36.5 Å². The first-order chi connectivity index (χ1) is 13.7. The average Bonchev–Trinajstić information content (AvgIpc) is 3.35. The van der Waals surface area contributed by atoms with Crippen molar-refractivity contribution in [1.29, 1.82) is 0 Å². The fourth-order valence-corrected chi connectivity index (χ4v) is 4.50. The van der Waals surface area contributed by atoms with Gasteiger partial charge in [-0.2, -0.15) is 5.10 Å². The molecule has 0 amide bonds. The largest absolute Gasteiger partial charge is 0.496 e. The number of aromatic nitrogens is 3. The second kappa shape index (κ2) is 6.84. The zero-order chi connectivity index (χ0) is 19.1. The highest BCUT2D eigenvalue weighted by atomic mass is 16.5. The average molecular weight is 372 g/mol. The summed E-state index contributed by atoms with van der Waals surface area (Å²) >= 11 is 0. The van der Waals surface area contributed by atoms with Crippen molar-refractivity contribution in [2.75, 3.05) is 13.7 Å². The van der Waals surface area contributed by atoms with Crippen molar-refractivity contribution in [2.24, 2.45) is 0 Å². The number of fused-ring (bicyclic) bond motifs is 3. The van der Waals surface area contributed by atoms with Crippen molar-refractivity contribution in [3.05, 3.63) is 82.8 Å². The molecule has 28 heavy (non-hydrogen) atoms. The lowest BCUT2D eigenvalue weighted by Crippen LogP contribution is -2.35. The van der Waals surface area contributed by atoms with Gasteiger partial charge in [0.1, 0.15) is 5.75 Å². The molecule has 1 atom stereocenters. The molecule has 0 bridgehead atoms. The van der Waals surface area contributed by atoms with Crippen molar-refractivity contribution < 1.29 is 4.74 Å². The number of H-pyrrole nitrogens is 2. The molecule has 0 spiro atoms. The van der Waals surface area contributed by atoms with Gasteiger partial charge in [-0.05, 0) is 48.2 Å². The summed E-state index contributed by atoms with van der Waals surface area (Å²) in [7, 11) is 1.73. The fraction of sp³-hybridized carbons (Fsp3) is 0.261. The molecular formula is C23H24N4O. The molecule has 1 aliphatic heterocycles. The molecule has 3 heterocycles. The van der Waals surface area contributed by atoms with E-state index < -0.39 is 0 Å². The van der Waals surface area contributed by atoms with Crippen LogP contribution < -0.4 is 4.74 Å². The fourth-order valence-electron chi connectivity index (χ4n) is 4.50. The zero-order valence-electron chi connectivity index (χ0n) is 16.2. The van der Waals surface area contributed by atoms with Gasteiger partial charge >= 0.3 is 0 Å². The van der Waals surface area contributed by atoms with Crippen LogP contribution in [0.4, 0.5) is 0 Å². The summed E-state index contributed by atoms with van der Waals surface area (Å²) < 4.78 is 5.48. The molecule has 0 saturated carbocycles. The Hall–Kier alpha value is -3.05. The monoisotopic (exact) mass is 372 g/mol. The lowest BCUT2D eigenvalue weighted by molar-refractivity contribution is 0.199. The number of nitrogens with zero attached hydrogens (tertiary/aromatic N) is 2. The first kappa shape index (κ1) is 17.1. The highest BCUT2D eigenvalue weighted by Crippen LogP contribution is 2.39. The van der Waals surface area contributed by atoms with Crippen molar-refractivity contribution in [2.45, 2.75) is 25.9 Å². The van der Waals surface area contributed by atoms with E-state index in [0.29, 0.717) is 0 Å². The summed E-state index contributed by atoms with van der Waals surface area (Å²) in [6.45, 7) is 3.95. The molecule has 0 radical (unpaired) electrons. The van der Waals surface area contributed by atoms with Crippen molar-refractivity contribution >= 4 is 10.9 Å². The molecule has 2 N–H and O–H groups in total. The van der Waals surface area contributed by atoms with E-state index in [1.54, 1.807) is 7.11 Å². The topological polar surface area (TPSA) is 56.9 Å². The molecule has 0 saturated heterocycles. The molecule has 0 aliphatic carbocycles.